The third-order valence-electron chi connectivity index (χ3n) is 3.71. The largest absolute Gasteiger partial charge is 0.337 e. The number of primary sulfonamides is 1. The van der Waals surface area contributed by atoms with Crippen LogP contribution in [0.25, 0.3) is 10.9 Å². The number of amides is 1. The molecular formula is C13H16N4O3S. The molecule has 1 aromatic heterocycles. The van der Waals surface area contributed by atoms with Crippen molar-refractivity contribution in [3.8, 4) is 0 Å². The zero-order valence-electron chi connectivity index (χ0n) is 11.3. The first kappa shape index (κ1) is 14.0. The van der Waals surface area contributed by atoms with Crippen LogP contribution in [0.2, 0.25) is 0 Å². The molecule has 1 aliphatic rings. The summed E-state index contributed by atoms with van der Waals surface area (Å²) in [5, 5.41) is 12.7. The van der Waals surface area contributed by atoms with E-state index in [9.17, 15) is 13.2 Å². The van der Waals surface area contributed by atoms with Crippen LogP contribution >= 0.6 is 0 Å². The smallest absolute Gasteiger partial charge is 0.275 e. The van der Waals surface area contributed by atoms with Gasteiger partial charge in [0.2, 0.25) is 10.0 Å². The van der Waals surface area contributed by atoms with Crippen LogP contribution in [-0.2, 0) is 10.0 Å². The van der Waals surface area contributed by atoms with E-state index in [0.717, 1.165) is 10.9 Å². The molecule has 1 fully saturated rings. The molecule has 0 spiro atoms. The fraction of sp³-hybridized carbons (Fsp3) is 0.385. The van der Waals surface area contributed by atoms with Crippen molar-refractivity contribution in [2.75, 3.05) is 18.8 Å². The molecule has 2 aromatic rings. The molecule has 21 heavy (non-hydrogen) atoms. The quantitative estimate of drug-likeness (QED) is 0.850. The minimum absolute atomic E-state index is 0.0852. The van der Waals surface area contributed by atoms with Gasteiger partial charge in [-0.15, -0.1) is 0 Å². The monoisotopic (exact) mass is 308 g/mol. The second kappa shape index (κ2) is 5.12. The van der Waals surface area contributed by atoms with Crippen LogP contribution in [-0.4, -0.2) is 48.3 Å². The molecule has 112 valence electrons. The van der Waals surface area contributed by atoms with Crippen molar-refractivity contribution in [2.24, 2.45) is 11.1 Å². The zero-order chi connectivity index (χ0) is 15.0. The number of sulfonamides is 1. The SMILES string of the molecule is NS(=O)(=O)C[C@H]1CCN(C(=O)c2n[nH]c3ccccc23)C1. The van der Waals surface area contributed by atoms with Gasteiger partial charge in [0.15, 0.2) is 5.69 Å². The molecule has 0 radical (unpaired) electrons. The predicted octanol–water partition coefficient (Wildman–Crippen LogP) is 0.314. The van der Waals surface area contributed by atoms with E-state index in [2.05, 4.69) is 10.2 Å². The Bertz CT molecular complexity index is 784. The molecule has 3 rings (SSSR count). The minimum atomic E-state index is -3.50. The Morgan fingerprint density at radius 1 is 1.43 bits per heavy atom. The number of hydrogen-bond donors (Lipinski definition) is 2. The van der Waals surface area contributed by atoms with Gasteiger partial charge in [-0.05, 0) is 18.4 Å². The van der Waals surface area contributed by atoms with Crippen LogP contribution in [0.1, 0.15) is 16.9 Å². The van der Waals surface area contributed by atoms with E-state index in [-0.39, 0.29) is 17.6 Å². The number of rotatable bonds is 3. The van der Waals surface area contributed by atoms with Crippen molar-refractivity contribution in [3.05, 3.63) is 30.0 Å². The van der Waals surface area contributed by atoms with E-state index in [1.54, 1.807) is 4.90 Å². The first-order valence-electron chi connectivity index (χ1n) is 6.67. The summed E-state index contributed by atoms with van der Waals surface area (Å²) in [4.78, 5) is 14.1. The summed E-state index contributed by atoms with van der Waals surface area (Å²) in [6.07, 6.45) is 0.643. The van der Waals surface area contributed by atoms with E-state index in [4.69, 9.17) is 5.14 Å². The van der Waals surface area contributed by atoms with E-state index >= 15 is 0 Å². The molecule has 1 saturated heterocycles. The second-order valence-corrected chi connectivity index (χ2v) is 7.01. The number of aromatic nitrogens is 2. The van der Waals surface area contributed by atoms with E-state index in [0.29, 0.717) is 25.2 Å². The number of para-hydroxylation sites is 1. The van der Waals surface area contributed by atoms with E-state index < -0.39 is 10.0 Å². The van der Waals surface area contributed by atoms with Crippen LogP contribution in [0.5, 0.6) is 0 Å². The molecule has 8 heteroatoms. The highest BCUT2D eigenvalue weighted by atomic mass is 32.2. The Hall–Kier alpha value is -1.93. The van der Waals surface area contributed by atoms with Crippen LogP contribution in [0.15, 0.2) is 24.3 Å². The van der Waals surface area contributed by atoms with Crippen molar-refractivity contribution >= 4 is 26.8 Å². The molecule has 0 unspecified atom stereocenters. The van der Waals surface area contributed by atoms with Gasteiger partial charge in [0.05, 0.1) is 11.3 Å². The molecular weight excluding hydrogens is 292 g/mol. The van der Waals surface area contributed by atoms with E-state index in [1.165, 1.54) is 0 Å². The molecule has 0 bridgehead atoms. The lowest BCUT2D eigenvalue weighted by Gasteiger charge is -2.15. The summed E-state index contributed by atoms with van der Waals surface area (Å²) in [5.41, 5.74) is 1.18. The number of nitrogens with two attached hydrogens (primary N) is 1. The van der Waals surface area contributed by atoms with Crippen molar-refractivity contribution < 1.29 is 13.2 Å². The third kappa shape index (κ3) is 2.91. The lowest BCUT2D eigenvalue weighted by atomic mass is 10.1. The fourth-order valence-corrected chi connectivity index (χ4v) is 3.69. The summed E-state index contributed by atoms with van der Waals surface area (Å²) in [6.45, 7) is 0.927. The van der Waals surface area contributed by atoms with Crippen molar-refractivity contribution in [1.82, 2.24) is 15.1 Å². The molecule has 1 amide bonds. The number of carbonyl (C=O) groups is 1. The van der Waals surface area contributed by atoms with Crippen molar-refractivity contribution in [1.29, 1.82) is 0 Å². The van der Waals surface area contributed by atoms with Crippen LogP contribution in [0, 0.1) is 5.92 Å². The van der Waals surface area contributed by atoms with Crippen molar-refractivity contribution in [2.45, 2.75) is 6.42 Å². The lowest BCUT2D eigenvalue weighted by molar-refractivity contribution is 0.0784. The molecule has 2 heterocycles. The summed E-state index contributed by atoms with van der Waals surface area (Å²) in [5.74, 6) is -0.364. The molecule has 0 aliphatic carbocycles. The van der Waals surface area contributed by atoms with Crippen LogP contribution in [0.3, 0.4) is 0 Å². The Morgan fingerprint density at radius 2 is 2.19 bits per heavy atom. The summed E-state index contributed by atoms with van der Waals surface area (Å²) < 4.78 is 22.2. The number of carbonyl (C=O) groups excluding carboxylic acids is 1. The van der Waals surface area contributed by atoms with Crippen LogP contribution in [0.4, 0.5) is 0 Å². The normalized spacial score (nSPS) is 19.3. The van der Waals surface area contributed by atoms with E-state index in [1.807, 2.05) is 24.3 Å². The molecule has 1 aromatic carbocycles. The Kier molecular flexibility index (Phi) is 3.42. The maximum Gasteiger partial charge on any atom is 0.275 e. The number of benzene rings is 1. The topological polar surface area (TPSA) is 109 Å². The number of H-pyrrole nitrogens is 1. The standard InChI is InChI=1S/C13H16N4O3S/c14-21(19,20)8-9-5-6-17(7-9)13(18)12-10-3-1-2-4-11(10)15-16-12/h1-4,9H,5-8H2,(H,15,16)(H2,14,19,20)/t9-/m0/s1. The number of nitrogens with zero attached hydrogens (tertiary/aromatic N) is 2. The van der Waals surface area contributed by atoms with Crippen molar-refractivity contribution in [3.63, 3.8) is 0 Å². The highest BCUT2D eigenvalue weighted by Crippen LogP contribution is 2.22. The van der Waals surface area contributed by atoms with Crippen LogP contribution < -0.4 is 5.14 Å². The number of nitrogens with one attached hydrogen (secondary N) is 1. The second-order valence-electron chi connectivity index (χ2n) is 5.35. The minimum Gasteiger partial charge on any atom is -0.337 e. The predicted molar refractivity (Wildman–Crippen MR) is 78.1 cm³/mol. The maximum atomic E-state index is 12.5. The average molecular weight is 308 g/mol. The highest BCUT2D eigenvalue weighted by Gasteiger charge is 2.30. The number of likely N-dealkylation sites (tertiary alicyclic amines) is 1. The summed E-state index contributed by atoms with van der Waals surface area (Å²) in [6, 6.07) is 7.41. The van der Waals surface area contributed by atoms with Gasteiger partial charge in [-0.1, -0.05) is 18.2 Å². The molecule has 0 saturated carbocycles. The summed E-state index contributed by atoms with van der Waals surface area (Å²) in [7, 11) is -3.50. The first-order valence-corrected chi connectivity index (χ1v) is 8.38. The average Bonchev–Trinajstić information content (AvgIpc) is 3.02. The Labute approximate surface area is 122 Å². The third-order valence-corrected chi connectivity index (χ3v) is 4.65. The van der Waals surface area contributed by atoms with Gasteiger partial charge in [0.25, 0.3) is 5.91 Å². The molecule has 3 N–H and O–H groups in total. The summed E-state index contributed by atoms with van der Waals surface area (Å²) >= 11 is 0. The van der Waals surface area contributed by atoms with Gasteiger partial charge in [-0.2, -0.15) is 5.10 Å². The zero-order valence-corrected chi connectivity index (χ0v) is 12.1. The fourth-order valence-electron chi connectivity index (χ4n) is 2.76. The molecule has 7 nitrogen and oxygen atoms in total. The molecule has 1 atom stereocenters. The highest BCUT2D eigenvalue weighted by molar-refractivity contribution is 7.89. The number of aromatic amines is 1. The Balaban J connectivity index is 1.78. The first-order chi connectivity index (χ1) is 9.94. The Morgan fingerprint density at radius 3 is 2.95 bits per heavy atom. The van der Waals surface area contributed by atoms with Gasteiger partial charge in [-0.3, -0.25) is 9.89 Å². The lowest BCUT2D eigenvalue weighted by Crippen LogP contribution is -2.31. The number of fused-ring (bicyclic) bond motifs is 1. The van der Waals surface area contributed by atoms with Gasteiger partial charge in [0.1, 0.15) is 0 Å². The van der Waals surface area contributed by atoms with Gasteiger partial charge >= 0.3 is 0 Å². The maximum absolute atomic E-state index is 12.5. The molecule has 1 aliphatic heterocycles. The van der Waals surface area contributed by atoms with Gasteiger partial charge < -0.3 is 4.90 Å². The van der Waals surface area contributed by atoms with Gasteiger partial charge in [-0.25, -0.2) is 13.6 Å². The van der Waals surface area contributed by atoms with Gasteiger partial charge in [0, 0.05) is 18.5 Å². The number of hydrogen-bond acceptors (Lipinski definition) is 4.